The van der Waals surface area contributed by atoms with Crippen molar-refractivity contribution < 1.29 is 13.9 Å². The molecule has 1 heterocycles. The van der Waals surface area contributed by atoms with Gasteiger partial charge in [0.15, 0.2) is 0 Å². The van der Waals surface area contributed by atoms with Gasteiger partial charge in [-0.15, -0.1) is 0 Å². The summed E-state index contributed by atoms with van der Waals surface area (Å²) >= 11 is 6.25. The van der Waals surface area contributed by atoms with Crippen molar-refractivity contribution >= 4 is 28.4 Å². The fourth-order valence-electron chi connectivity index (χ4n) is 3.66. The van der Waals surface area contributed by atoms with Crippen LogP contribution in [-0.4, -0.2) is 21.7 Å². The van der Waals surface area contributed by atoms with E-state index in [1.807, 2.05) is 64.1 Å². The first-order chi connectivity index (χ1) is 16.1. The second-order valence-corrected chi connectivity index (χ2v) is 9.80. The quantitative estimate of drug-likeness (QED) is 0.344. The third-order valence-corrected chi connectivity index (χ3v) is 5.78. The minimum absolute atomic E-state index is 0.0633. The van der Waals surface area contributed by atoms with Crippen molar-refractivity contribution in [3.8, 4) is 11.4 Å². The van der Waals surface area contributed by atoms with Gasteiger partial charge in [0.2, 0.25) is 5.91 Å². The Kier molecular flexibility index (Phi) is 6.62. The first-order valence-corrected chi connectivity index (χ1v) is 11.5. The second-order valence-electron chi connectivity index (χ2n) is 9.36. The molecule has 0 fully saturated rings. The summed E-state index contributed by atoms with van der Waals surface area (Å²) in [6.07, 6.45) is 1.28. The van der Waals surface area contributed by atoms with E-state index in [1.54, 1.807) is 29.1 Å². The van der Waals surface area contributed by atoms with E-state index in [1.165, 1.54) is 12.1 Å². The second kappa shape index (κ2) is 9.47. The predicted octanol–water partition coefficient (Wildman–Crippen LogP) is 6.49. The molecule has 0 bridgehead atoms. The van der Waals surface area contributed by atoms with Crippen molar-refractivity contribution in [3.05, 3.63) is 89.3 Å². The van der Waals surface area contributed by atoms with E-state index in [4.69, 9.17) is 16.3 Å². The molecule has 1 aromatic heterocycles. The molecular formula is C27H27ClFN3O2. The number of rotatable bonds is 6. The number of hydrogen-bond acceptors (Lipinski definition) is 3. The number of aromatic nitrogens is 2. The molecule has 2 atom stereocenters. The summed E-state index contributed by atoms with van der Waals surface area (Å²) in [6.45, 7) is 7.53. The number of amides is 1. The minimum atomic E-state index is -0.527. The lowest BCUT2D eigenvalue weighted by atomic mass is 9.94. The number of fused-ring (bicyclic) bond motifs is 1. The maximum Gasteiger partial charge on any atom is 0.225 e. The summed E-state index contributed by atoms with van der Waals surface area (Å²) in [5, 5.41) is 8.99. The van der Waals surface area contributed by atoms with Crippen LogP contribution in [0.2, 0.25) is 5.02 Å². The number of hydrogen-bond donors (Lipinski definition) is 1. The summed E-state index contributed by atoms with van der Waals surface area (Å²) in [6, 6.07) is 19.0. The molecule has 5 nitrogen and oxygen atoms in total. The van der Waals surface area contributed by atoms with Crippen LogP contribution >= 0.6 is 11.6 Å². The summed E-state index contributed by atoms with van der Waals surface area (Å²) in [7, 11) is 0. The number of carbonyl (C=O) groups excluding carboxylic acids is 1. The van der Waals surface area contributed by atoms with Crippen LogP contribution in [0.1, 0.15) is 39.4 Å². The van der Waals surface area contributed by atoms with Crippen LogP contribution in [0.5, 0.6) is 5.75 Å². The average Bonchev–Trinajstić information content (AvgIpc) is 3.20. The van der Waals surface area contributed by atoms with E-state index in [0.29, 0.717) is 10.8 Å². The van der Waals surface area contributed by atoms with Gasteiger partial charge in [0.25, 0.3) is 0 Å². The first kappa shape index (κ1) is 23.8. The molecule has 0 aliphatic carbocycles. The van der Waals surface area contributed by atoms with Crippen molar-refractivity contribution in [1.29, 1.82) is 0 Å². The Hall–Kier alpha value is -3.38. The zero-order valence-electron chi connectivity index (χ0n) is 19.5. The Balaban J connectivity index is 1.64. The molecule has 7 heteroatoms. The minimum Gasteiger partial charge on any atom is -0.484 e. The third-order valence-electron chi connectivity index (χ3n) is 5.55. The smallest absolute Gasteiger partial charge is 0.225 e. The molecule has 0 saturated carbocycles. The van der Waals surface area contributed by atoms with E-state index in [2.05, 4.69) is 10.4 Å². The van der Waals surface area contributed by atoms with Gasteiger partial charge in [-0.2, -0.15) is 5.10 Å². The molecule has 2 unspecified atom stereocenters. The van der Waals surface area contributed by atoms with E-state index >= 15 is 0 Å². The van der Waals surface area contributed by atoms with E-state index < -0.39 is 11.5 Å². The highest BCUT2D eigenvalue weighted by molar-refractivity contribution is 6.30. The molecule has 4 rings (SSSR count). The van der Waals surface area contributed by atoms with Gasteiger partial charge in [-0.3, -0.25) is 4.79 Å². The Morgan fingerprint density at radius 3 is 2.50 bits per heavy atom. The average molecular weight is 480 g/mol. The SMILES string of the molecule is CC(NC(=O)C(C)(C)C)C(Oc1ccc2c(cnn2-c2ccc(F)cc2)c1)c1cccc(Cl)c1. The molecule has 0 aliphatic heterocycles. The van der Waals surface area contributed by atoms with E-state index in [9.17, 15) is 9.18 Å². The number of nitrogens with one attached hydrogen (secondary N) is 1. The zero-order valence-corrected chi connectivity index (χ0v) is 20.3. The van der Waals surface area contributed by atoms with Crippen LogP contribution in [0.25, 0.3) is 16.6 Å². The molecular weight excluding hydrogens is 453 g/mol. The molecule has 1 N–H and O–H groups in total. The van der Waals surface area contributed by atoms with E-state index in [-0.39, 0.29) is 17.8 Å². The van der Waals surface area contributed by atoms with Crippen LogP contribution in [0.3, 0.4) is 0 Å². The van der Waals surface area contributed by atoms with Gasteiger partial charge in [0.1, 0.15) is 17.7 Å². The summed E-state index contributed by atoms with van der Waals surface area (Å²) in [4.78, 5) is 12.6. The largest absolute Gasteiger partial charge is 0.484 e. The van der Waals surface area contributed by atoms with Crippen LogP contribution in [-0.2, 0) is 4.79 Å². The summed E-state index contributed by atoms with van der Waals surface area (Å²) in [5.41, 5.74) is 1.96. The Bertz CT molecular complexity index is 1310. The number of carbonyl (C=O) groups is 1. The van der Waals surface area contributed by atoms with Gasteiger partial charge in [0.05, 0.1) is 23.4 Å². The monoisotopic (exact) mass is 479 g/mol. The molecule has 0 radical (unpaired) electrons. The third kappa shape index (κ3) is 5.23. The molecule has 4 aromatic rings. The summed E-state index contributed by atoms with van der Waals surface area (Å²) in [5.74, 6) is 0.273. The highest BCUT2D eigenvalue weighted by atomic mass is 35.5. The van der Waals surface area contributed by atoms with E-state index in [0.717, 1.165) is 22.2 Å². The highest BCUT2D eigenvalue weighted by Gasteiger charge is 2.28. The van der Waals surface area contributed by atoms with Gasteiger partial charge in [-0.1, -0.05) is 44.5 Å². The summed E-state index contributed by atoms with van der Waals surface area (Å²) < 4.78 is 21.5. The lowest BCUT2D eigenvalue weighted by Crippen LogP contribution is -2.44. The topological polar surface area (TPSA) is 56.1 Å². The molecule has 1 amide bonds. The van der Waals surface area contributed by atoms with Crippen molar-refractivity contribution in [2.24, 2.45) is 5.41 Å². The molecule has 0 saturated heterocycles. The Morgan fingerprint density at radius 1 is 1.09 bits per heavy atom. The van der Waals surface area contributed by atoms with Crippen molar-refractivity contribution in [2.75, 3.05) is 0 Å². The van der Waals surface area contributed by atoms with Crippen LogP contribution in [0, 0.1) is 11.2 Å². The van der Waals surface area contributed by atoms with Gasteiger partial charge < -0.3 is 10.1 Å². The van der Waals surface area contributed by atoms with Crippen LogP contribution in [0.4, 0.5) is 4.39 Å². The standard InChI is InChI=1S/C27H27ClFN3O2/c1-17(31-26(33)27(2,3)4)25(18-6-5-7-20(28)14-18)34-23-12-13-24-19(15-23)16-30-32(24)22-10-8-21(29)9-11-22/h5-17,25H,1-4H3,(H,31,33). The first-order valence-electron chi connectivity index (χ1n) is 11.1. The Morgan fingerprint density at radius 2 is 1.82 bits per heavy atom. The molecule has 0 aliphatic rings. The lowest BCUT2D eigenvalue weighted by molar-refractivity contribution is -0.129. The van der Waals surface area contributed by atoms with Gasteiger partial charge in [0, 0.05) is 15.8 Å². The fraction of sp³-hybridized carbons (Fsp3) is 0.259. The maximum absolute atomic E-state index is 13.3. The lowest BCUT2D eigenvalue weighted by Gasteiger charge is -2.29. The maximum atomic E-state index is 13.3. The number of ether oxygens (including phenoxy) is 1. The molecule has 3 aromatic carbocycles. The van der Waals surface area contributed by atoms with Gasteiger partial charge in [-0.05, 0) is 67.1 Å². The normalized spacial score (nSPS) is 13.5. The zero-order chi connectivity index (χ0) is 24.5. The number of benzene rings is 3. The van der Waals surface area contributed by atoms with Gasteiger partial charge in [-0.25, -0.2) is 9.07 Å². The molecule has 0 spiro atoms. The van der Waals surface area contributed by atoms with Crippen molar-refractivity contribution in [2.45, 2.75) is 39.8 Å². The molecule has 176 valence electrons. The number of halogens is 2. The molecule has 34 heavy (non-hydrogen) atoms. The van der Waals surface area contributed by atoms with Gasteiger partial charge >= 0.3 is 0 Å². The van der Waals surface area contributed by atoms with Crippen LogP contribution < -0.4 is 10.1 Å². The predicted molar refractivity (Wildman–Crippen MR) is 133 cm³/mol. The van der Waals surface area contributed by atoms with Crippen molar-refractivity contribution in [1.82, 2.24) is 15.1 Å². The fourth-order valence-corrected chi connectivity index (χ4v) is 3.86. The number of nitrogens with zero attached hydrogens (tertiary/aromatic N) is 2. The van der Waals surface area contributed by atoms with Crippen LogP contribution in [0.15, 0.2) is 72.9 Å². The highest BCUT2D eigenvalue weighted by Crippen LogP contribution is 2.30. The Labute approximate surface area is 203 Å². The van der Waals surface area contributed by atoms with Crippen molar-refractivity contribution in [3.63, 3.8) is 0 Å².